The summed E-state index contributed by atoms with van der Waals surface area (Å²) < 4.78 is 11.7. The fourth-order valence-corrected chi connectivity index (χ4v) is 8.09. The Morgan fingerprint density at radius 3 is 1.42 bits per heavy atom. The van der Waals surface area contributed by atoms with Crippen molar-refractivity contribution in [1.29, 1.82) is 0 Å². The lowest BCUT2D eigenvalue weighted by atomic mass is 9.90. The van der Waals surface area contributed by atoms with E-state index in [4.69, 9.17) is 42.9 Å². The predicted molar refractivity (Wildman–Crippen MR) is 200 cm³/mol. The molecule has 2 unspecified atom stereocenters. The summed E-state index contributed by atoms with van der Waals surface area (Å²) >= 11 is 14.4. The van der Waals surface area contributed by atoms with E-state index in [1.54, 1.807) is 14.2 Å². The van der Waals surface area contributed by atoms with Gasteiger partial charge in [-0.05, 0) is 47.2 Å². The Balaban J connectivity index is 1.28. The van der Waals surface area contributed by atoms with E-state index in [0.717, 1.165) is 55.6 Å². The monoisotopic (exact) mass is 748 g/mol. The first-order chi connectivity index (χ1) is 24.9. The Morgan fingerprint density at radius 2 is 1.06 bits per heavy atom. The SMILES string of the molecule is COc1cc(-c2cccc(-c3cccc(-c4cc5c(c(OC)c4)CN(CC(O)CC(=O)O)CC5)c3Cl)c2Cl)cc2c1CN(CC(O)CC(=O)O)CC2. The zero-order valence-electron chi connectivity index (χ0n) is 29.1. The minimum Gasteiger partial charge on any atom is -0.496 e. The third kappa shape index (κ3) is 8.23. The summed E-state index contributed by atoms with van der Waals surface area (Å²) in [7, 11) is 3.25. The van der Waals surface area contributed by atoms with E-state index >= 15 is 0 Å². The van der Waals surface area contributed by atoms with Crippen molar-refractivity contribution in [3.8, 4) is 44.9 Å². The molecule has 2 aliphatic heterocycles. The smallest absolute Gasteiger partial charge is 0.306 e. The highest BCUT2D eigenvalue weighted by molar-refractivity contribution is 6.39. The van der Waals surface area contributed by atoms with Crippen LogP contribution in [0.3, 0.4) is 0 Å². The van der Waals surface area contributed by atoms with Crippen molar-refractivity contribution < 1.29 is 39.5 Å². The second-order valence-corrected chi connectivity index (χ2v) is 14.2. The van der Waals surface area contributed by atoms with Gasteiger partial charge in [-0.2, -0.15) is 0 Å². The fraction of sp³-hybridized carbons (Fsp3) is 0.350. The molecule has 10 nitrogen and oxygen atoms in total. The Labute approximate surface area is 312 Å². The van der Waals surface area contributed by atoms with Crippen molar-refractivity contribution in [2.75, 3.05) is 40.4 Å². The van der Waals surface area contributed by atoms with Gasteiger partial charge < -0.3 is 29.9 Å². The molecule has 2 aliphatic rings. The highest BCUT2D eigenvalue weighted by Gasteiger charge is 2.26. The lowest BCUT2D eigenvalue weighted by Gasteiger charge is -2.31. The molecular weight excluding hydrogens is 707 g/mol. The molecule has 0 saturated carbocycles. The number of hydrogen-bond donors (Lipinski definition) is 4. The maximum atomic E-state index is 11.1. The number of halogens is 2. The number of β-amino-alcohol motifs (C(OH)–C–C–N with tert-alkyl or cyclic N) is 2. The minimum absolute atomic E-state index is 0.266. The van der Waals surface area contributed by atoms with E-state index < -0.39 is 24.1 Å². The highest BCUT2D eigenvalue weighted by Crippen LogP contribution is 2.45. The number of carboxylic acid groups (broad SMARTS) is 2. The molecule has 274 valence electrons. The molecule has 52 heavy (non-hydrogen) atoms. The Kier molecular flexibility index (Phi) is 11.7. The van der Waals surface area contributed by atoms with Crippen LogP contribution < -0.4 is 9.47 Å². The van der Waals surface area contributed by atoms with Crippen molar-refractivity contribution in [1.82, 2.24) is 9.80 Å². The zero-order valence-corrected chi connectivity index (χ0v) is 30.6. The van der Waals surface area contributed by atoms with Gasteiger partial charge in [-0.1, -0.05) is 71.7 Å². The normalized spacial score (nSPS) is 15.7. The van der Waals surface area contributed by atoms with Gasteiger partial charge in [-0.3, -0.25) is 19.4 Å². The summed E-state index contributed by atoms with van der Waals surface area (Å²) in [5.74, 6) is -0.650. The van der Waals surface area contributed by atoms with Gasteiger partial charge in [0.05, 0.1) is 49.3 Å². The summed E-state index contributed by atoms with van der Waals surface area (Å²) in [6.45, 7) is 2.95. The van der Waals surface area contributed by atoms with Gasteiger partial charge in [0.25, 0.3) is 0 Å². The quantitative estimate of drug-likeness (QED) is 0.122. The Morgan fingerprint density at radius 1 is 0.673 bits per heavy atom. The molecule has 4 N–H and O–H groups in total. The molecule has 4 aromatic rings. The molecule has 2 heterocycles. The summed E-state index contributed by atoms with van der Waals surface area (Å²) in [4.78, 5) is 26.2. The van der Waals surface area contributed by atoms with Crippen molar-refractivity contribution in [3.63, 3.8) is 0 Å². The molecule has 0 amide bonds. The molecule has 0 aliphatic carbocycles. The summed E-state index contributed by atoms with van der Waals surface area (Å²) in [6.07, 6.45) is -1.08. The second-order valence-electron chi connectivity index (χ2n) is 13.4. The molecule has 12 heteroatoms. The number of rotatable bonds is 13. The number of hydrogen-bond acceptors (Lipinski definition) is 8. The summed E-state index contributed by atoms with van der Waals surface area (Å²) in [5.41, 5.74) is 9.25. The van der Waals surface area contributed by atoms with Gasteiger partial charge >= 0.3 is 11.9 Å². The van der Waals surface area contributed by atoms with Crippen LogP contribution in [0.4, 0.5) is 0 Å². The molecule has 0 fully saturated rings. The van der Waals surface area contributed by atoms with Crippen molar-refractivity contribution in [2.24, 2.45) is 0 Å². The topological polar surface area (TPSA) is 140 Å². The maximum absolute atomic E-state index is 11.1. The van der Waals surface area contributed by atoms with E-state index in [2.05, 4.69) is 12.1 Å². The third-order valence-electron chi connectivity index (χ3n) is 9.87. The predicted octanol–water partition coefficient (Wildman–Crippen LogP) is 6.40. The molecule has 0 saturated heterocycles. The first kappa shape index (κ1) is 37.6. The number of aliphatic carboxylic acids is 2. The average molecular weight is 750 g/mol. The van der Waals surface area contributed by atoms with Crippen LogP contribution in [0.5, 0.6) is 11.5 Å². The number of methoxy groups -OCH3 is 2. The van der Waals surface area contributed by atoms with Crippen molar-refractivity contribution in [3.05, 3.63) is 93.0 Å². The first-order valence-electron chi connectivity index (χ1n) is 17.2. The van der Waals surface area contributed by atoms with Crippen LogP contribution in [0.1, 0.15) is 35.1 Å². The molecule has 0 bridgehead atoms. The van der Waals surface area contributed by atoms with E-state index in [0.29, 0.717) is 60.6 Å². The van der Waals surface area contributed by atoms with Gasteiger partial charge in [0.2, 0.25) is 0 Å². The van der Waals surface area contributed by atoms with Crippen LogP contribution in [-0.4, -0.2) is 94.8 Å². The number of benzene rings is 4. The van der Waals surface area contributed by atoms with Crippen LogP contribution in [0, 0.1) is 0 Å². The summed E-state index contributed by atoms with van der Waals surface area (Å²) in [5, 5.41) is 39.6. The van der Waals surface area contributed by atoms with Crippen LogP contribution in [-0.2, 0) is 35.5 Å². The molecule has 4 aromatic carbocycles. The zero-order chi connectivity index (χ0) is 37.1. The van der Waals surface area contributed by atoms with Crippen LogP contribution in [0.25, 0.3) is 33.4 Å². The number of fused-ring (bicyclic) bond motifs is 2. The van der Waals surface area contributed by atoms with E-state index in [1.165, 1.54) is 0 Å². The van der Waals surface area contributed by atoms with Crippen molar-refractivity contribution >= 4 is 35.1 Å². The van der Waals surface area contributed by atoms with Crippen LogP contribution >= 0.6 is 23.2 Å². The maximum Gasteiger partial charge on any atom is 0.306 e. The first-order valence-corrected chi connectivity index (χ1v) is 17.9. The molecule has 6 rings (SSSR count). The van der Waals surface area contributed by atoms with Crippen LogP contribution in [0.15, 0.2) is 60.7 Å². The largest absolute Gasteiger partial charge is 0.496 e. The summed E-state index contributed by atoms with van der Waals surface area (Å²) in [6, 6.07) is 19.9. The van der Waals surface area contributed by atoms with E-state index in [9.17, 15) is 19.8 Å². The molecule has 0 radical (unpaired) electrons. The number of carbonyl (C=O) groups is 2. The van der Waals surface area contributed by atoms with Gasteiger partial charge in [0.1, 0.15) is 11.5 Å². The van der Waals surface area contributed by atoms with Crippen LogP contribution in [0.2, 0.25) is 10.0 Å². The number of aliphatic hydroxyl groups is 2. The third-order valence-corrected chi connectivity index (χ3v) is 10.7. The highest BCUT2D eigenvalue weighted by atomic mass is 35.5. The lowest BCUT2D eigenvalue weighted by Crippen LogP contribution is -2.37. The van der Waals surface area contributed by atoms with E-state index in [1.807, 2.05) is 58.3 Å². The lowest BCUT2D eigenvalue weighted by molar-refractivity contribution is -0.140. The number of nitrogens with zero attached hydrogens (tertiary/aromatic N) is 2. The Bertz CT molecular complexity index is 1810. The molecular formula is C40H42Cl2N2O8. The molecule has 0 spiro atoms. The molecule has 2 atom stereocenters. The minimum atomic E-state index is -1.03. The average Bonchev–Trinajstić information content (AvgIpc) is 3.10. The number of ether oxygens (including phenoxy) is 2. The number of aliphatic hydroxyl groups excluding tert-OH is 2. The fourth-order valence-electron chi connectivity index (χ4n) is 7.41. The standard InChI is InChI=1S/C40H42Cl2N2O8/c1-51-35-15-25(13-23-9-11-43(21-33(23)35)19-27(45)17-37(47)48)29-5-3-7-31(39(29)41)32-8-4-6-30(40(32)42)26-14-24-10-12-44(20-28(46)18-38(49)50)22-34(24)36(16-26)52-2/h3-8,13-16,27-28,45-46H,9-12,17-22H2,1-2H3,(H,47,48)(H,49,50). The van der Waals surface area contributed by atoms with Crippen molar-refractivity contribution in [2.45, 2.75) is 51.0 Å². The second kappa shape index (κ2) is 16.2. The van der Waals surface area contributed by atoms with Gasteiger partial charge in [0, 0.05) is 72.6 Å². The molecule has 0 aromatic heterocycles. The van der Waals surface area contributed by atoms with Gasteiger partial charge in [-0.25, -0.2) is 0 Å². The van der Waals surface area contributed by atoms with Gasteiger partial charge in [-0.15, -0.1) is 0 Å². The van der Waals surface area contributed by atoms with E-state index in [-0.39, 0.29) is 25.9 Å². The van der Waals surface area contributed by atoms with Gasteiger partial charge in [0.15, 0.2) is 0 Å². The number of carboxylic acids is 2. The Hall–Kier alpha value is -4.16.